The van der Waals surface area contributed by atoms with E-state index in [1.807, 2.05) is 13.8 Å². The van der Waals surface area contributed by atoms with Gasteiger partial charge < -0.3 is 25.2 Å². The van der Waals surface area contributed by atoms with Crippen LogP contribution in [0.1, 0.15) is 91.9 Å². The van der Waals surface area contributed by atoms with E-state index in [0.717, 1.165) is 56.9 Å². The van der Waals surface area contributed by atoms with E-state index < -0.39 is 23.7 Å². The third-order valence-electron chi connectivity index (χ3n) is 13.7. The number of fused-ring (bicyclic) bond motifs is 2. The number of ether oxygens (including phenoxy) is 1. The molecule has 0 aromatic rings. The minimum absolute atomic E-state index is 0.0127. The highest BCUT2D eigenvalue weighted by Gasteiger charge is 2.85. The van der Waals surface area contributed by atoms with E-state index in [2.05, 4.69) is 20.4 Å². The molecule has 5 aliphatic carbocycles. The van der Waals surface area contributed by atoms with Crippen LogP contribution in [-0.2, 0) is 9.53 Å². The molecular weight excluding hydrogens is 468 g/mol. The quantitative estimate of drug-likeness (QED) is 0.297. The molecule has 5 aliphatic rings. The molecule has 0 aliphatic heterocycles. The summed E-state index contributed by atoms with van der Waals surface area (Å²) in [4.78, 5) is 13.1. The van der Waals surface area contributed by atoms with Gasteiger partial charge in [0, 0.05) is 18.4 Å². The highest BCUT2D eigenvalue weighted by molar-refractivity contribution is 5.78. The fourth-order valence-corrected chi connectivity index (χ4v) is 11.4. The van der Waals surface area contributed by atoms with Gasteiger partial charge in [-0.25, -0.2) is 0 Å². The zero-order valence-electron chi connectivity index (χ0n) is 23.6. The third-order valence-corrected chi connectivity index (χ3v) is 13.7. The van der Waals surface area contributed by atoms with Crippen molar-refractivity contribution in [1.29, 1.82) is 0 Å². The largest absolute Gasteiger partial charge is 0.469 e. The fraction of sp³-hybridized carbons (Fsp3) is 0.903. The van der Waals surface area contributed by atoms with Gasteiger partial charge in [-0.05, 0) is 112 Å². The molecule has 5 fully saturated rings. The molecule has 0 saturated heterocycles. The molecule has 5 saturated carbocycles. The summed E-state index contributed by atoms with van der Waals surface area (Å²) in [5, 5.41) is 43.4. The summed E-state index contributed by atoms with van der Waals surface area (Å²) in [7, 11) is 1.41. The van der Waals surface area contributed by atoms with Crippen LogP contribution in [0.15, 0.2) is 12.2 Å². The van der Waals surface area contributed by atoms with Gasteiger partial charge in [0.05, 0.1) is 30.8 Å². The van der Waals surface area contributed by atoms with E-state index in [1.54, 1.807) is 0 Å². The van der Waals surface area contributed by atoms with Crippen molar-refractivity contribution in [2.24, 2.45) is 50.7 Å². The first-order chi connectivity index (χ1) is 17.3. The molecule has 6 nitrogen and oxygen atoms in total. The Hall–Kier alpha value is -0.950. The van der Waals surface area contributed by atoms with Crippen molar-refractivity contribution < 1.29 is 30.0 Å². The average Bonchev–Trinajstić information content (AvgIpc) is 3.48. The van der Waals surface area contributed by atoms with Crippen molar-refractivity contribution in [3.05, 3.63) is 12.2 Å². The minimum atomic E-state index is -0.978. The maximum atomic E-state index is 13.1. The highest BCUT2D eigenvalue weighted by Crippen LogP contribution is 2.89. The van der Waals surface area contributed by atoms with E-state index in [0.29, 0.717) is 18.3 Å². The molecule has 210 valence electrons. The van der Waals surface area contributed by atoms with Crippen LogP contribution < -0.4 is 0 Å². The zero-order chi connectivity index (χ0) is 27.2. The smallest absolute Gasteiger partial charge is 0.314 e. The number of hydrogen-bond donors (Lipinski definition) is 4. The predicted octanol–water partition coefficient (Wildman–Crippen LogP) is 4.24. The topological polar surface area (TPSA) is 107 Å². The molecule has 1 unspecified atom stereocenters. The van der Waals surface area contributed by atoms with Crippen LogP contribution in [0.25, 0.3) is 0 Å². The van der Waals surface area contributed by atoms with Crippen LogP contribution in [0.4, 0.5) is 0 Å². The monoisotopic (exact) mass is 518 g/mol. The fourth-order valence-electron chi connectivity index (χ4n) is 11.4. The summed E-state index contributed by atoms with van der Waals surface area (Å²) in [5.74, 6) is 0.626. The Morgan fingerprint density at radius 1 is 1.00 bits per heavy atom. The summed E-state index contributed by atoms with van der Waals surface area (Å²) in [6.45, 7) is 12.7. The molecule has 0 aromatic carbocycles. The van der Waals surface area contributed by atoms with Crippen LogP contribution in [-0.4, -0.2) is 58.4 Å². The zero-order valence-corrected chi connectivity index (χ0v) is 23.6. The second-order valence-electron chi connectivity index (χ2n) is 14.5. The molecule has 6 heteroatoms. The third kappa shape index (κ3) is 3.28. The second kappa shape index (κ2) is 8.78. The number of esters is 1. The van der Waals surface area contributed by atoms with E-state index >= 15 is 0 Å². The number of hydrogen-bond acceptors (Lipinski definition) is 6. The van der Waals surface area contributed by atoms with Gasteiger partial charge in [0.2, 0.25) is 0 Å². The molecule has 0 amide bonds. The molecule has 37 heavy (non-hydrogen) atoms. The lowest BCUT2D eigenvalue weighted by Gasteiger charge is -2.63. The van der Waals surface area contributed by atoms with Gasteiger partial charge in [0.1, 0.15) is 0 Å². The van der Waals surface area contributed by atoms with Gasteiger partial charge in [-0.3, -0.25) is 4.79 Å². The Balaban J connectivity index is 1.45. The van der Waals surface area contributed by atoms with Crippen molar-refractivity contribution in [1.82, 2.24) is 0 Å². The van der Waals surface area contributed by atoms with E-state index in [-0.39, 0.29) is 52.5 Å². The predicted molar refractivity (Wildman–Crippen MR) is 141 cm³/mol. The number of methoxy groups -OCH3 is 1. The summed E-state index contributed by atoms with van der Waals surface area (Å²) in [6.07, 6.45) is 6.78. The van der Waals surface area contributed by atoms with Crippen molar-refractivity contribution in [2.45, 2.75) is 110 Å². The molecule has 5 rings (SSSR count). The Morgan fingerprint density at radius 2 is 1.68 bits per heavy atom. The second-order valence-corrected chi connectivity index (χ2v) is 14.5. The lowest BCUT2D eigenvalue weighted by molar-refractivity contribution is -0.212. The van der Waals surface area contributed by atoms with Gasteiger partial charge >= 0.3 is 5.97 Å². The average molecular weight is 519 g/mol. The highest BCUT2D eigenvalue weighted by atomic mass is 16.5. The standard InChI is InChI=1S/C31H50O6/c1-18(2)21(33)8-7-19(16-32)20-11-12-28(4)22-9-10-23-29(5,26(36)37-6)24(34)15-25(35)31(23)17-30(22,31)14-13-27(20,28)3/h19-25,32-35H,1,7-17H2,2-6H3/t19?,20-,21-,22+,23+,24+,25+,27-,28+,29+,30+,31-/m1/s1. The number of aliphatic hydroxyl groups is 4. The van der Waals surface area contributed by atoms with Gasteiger partial charge in [0.25, 0.3) is 0 Å². The van der Waals surface area contributed by atoms with Crippen molar-refractivity contribution in [2.75, 3.05) is 13.7 Å². The molecule has 4 N–H and O–H groups in total. The molecule has 0 aromatic heterocycles. The molecule has 2 spiro atoms. The first-order valence-electron chi connectivity index (χ1n) is 14.7. The number of aliphatic hydroxyl groups excluding tert-OH is 4. The SMILES string of the molecule is C=C(C)[C@H](O)CCC(CO)[C@H]1CC[C@@]2(C)[C@@H]3CC[C@H]4[C@](C)(C(=O)OC)[C@@H](O)C[C@H](O)[C@@]45C[C@@]35CC[C@]12C. The van der Waals surface area contributed by atoms with Crippen LogP contribution in [0.2, 0.25) is 0 Å². The van der Waals surface area contributed by atoms with Gasteiger partial charge in [-0.1, -0.05) is 26.0 Å². The van der Waals surface area contributed by atoms with Crippen molar-refractivity contribution in [3.8, 4) is 0 Å². The summed E-state index contributed by atoms with van der Waals surface area (Å²) >= 11 is 0. The first-order valence-corrected chi connectivity index (χ1v) is 14.7. The number of carbonyl (C=O) groups excluding carboxylic acids is 1. The van der Waals surface area contributed by atoms with E-state index in [9.17, 15) is 25.2 Å². The van der Waals surface area contributed by atoms with E-state index in [4.69, 9.17) is 4.74 Å². The lowest BCUT2D eigenvalue weighted by atomic mass is 9.41. The molecule has 12 atom stereocenters. The lowest BCUT2D eigenvalue weighted by Crippen LogP contribution is -2.63. The maximum Gasteiger partial charge on any atom is 0.314 e. The maximum absolute atomic E-state index is 13.1. The normalized spacial score (nSPS) is 51.6. The van der Waals surface area contributed by atoms with Crippen LogP contribution in [0.3, 0.4) is 0 Å². The van der Waals surface area contributed by atoms with Crippen LogP contribution in [0.5, 0.6) is 0 Å². The van der Waals surface area contributed by atoms with Gasteiger partial charge in [-0.15, -0.1) is 0 Å². The van der Waals surface area contributed by atoms with Gasteiger partial charge in [-0.2, -0.15) is 0 Å². The molecule has 0 heterocycles. The molecule has 0 bridgehead atoms. The van der Waals surface area contributed by atoms with Crippen molar-refractivity contribution in [3.63, 3.8) is 0 Å². The Morgan fingerprint density at radius 3 is 2.30 bits per heavy atom. The van der Waals surface area contributed by atoms with Crippen LogP contribution >= 0.6 is 0 Å². The Kier molecular flexibility index (Phi) is 6.55. The number of carbonyl (C=O) groups is 1. The minimum Gasteiger partial charge on any atom is -0.469 e. The number of rotatable bonds is 7. The Labute approximate surface area is 222 Å². The van der Waals surface area contributed by atoms with Crippen molar-refractivity contribution >= 4 is 5.97 Å². The summed E-state index contributed by atoms with van der Waals surface area (Å²) < 4.78 is 5.23. The van der Waals surface area contributed by atoms with Gasteiger partial charge in [0.15, 0.2) is 0 Å². The summed E-state index contributed by atoms with van der Waals surface area (Å²) in [5.41, 5.74) is -0.311. The Bertz CT molecular complexity index is 950. The molecular formula is C31H50O6. The molecule has 0 radical (unpaired) electrons. The van der Waals surface area contributed by atoms with Crippen LogP contribution in [0, 0.1) is 50.7 Å². The van der Waals surface area contributed by atoms with E-state index in [1.165, 1.54) is 7.11 Å². The first kappa shape index (κ1) is 27.6. The summed E-state index contributed by atoms with van der Waals surface area (Å²) in [6, 6.07) is 0.